The zero-order valence-corrected chi connectivity index (χ0v) is 25.6. The van der Waals surface area contributed by atoms with Crippen molar-refractivity contribution in [2.45, 2.75) is 60.3 Å². The van der Waals surface area contributed by atoms with E-state index in [1.54, 1.807) is 11.1 Å². The van der Waals surface area contributed by atoms with Gasteiger partial charge in [0.15, 0.2) is 0 Å². The van der Waals surface area contributed by atoms with Gasteiger partial charge in [0, 0.05) is 14.5 Å². The lowest BCUT2D eigenvalue weighted by Gasteiger charge is -2.24. The molecule has 2 aromatic carbocycles. The zero-order valence-electron chi connectivity index (χ0n) is 20.6. The quantitative estimate of drug-likeness (QED) is 0.334. The molecule has 176 valence electrons. The van der Waals surface area contributed by atoms with Gasteiger partial charge in [-0.2, -0.15) is 0 Å². The van der Waals surface area contributed by atoms with E-state index in [9.17, 15) is 0 Å². The Morgan fingerprint density at radius 1 is 0.419 bits per heavy atom. The van der Waals surface area contributed by atoms with Gasteiger partial charge in [0.1, 0.15) is 0 Å². The summed E-state index contributed by atoms with van der Waals surface area (Å²) in [4.78, 5) is 0. The Morgan fingerprint density at radius 2 is 0.645 bits per heavy atom. The van der Waals surface area contributed by atoms with Crippen LogP contribution in [0.4, 0.5) is 0 Å². The predicted molar refractivity (Wildman–Crippen MR) is 140 cm³/mol. The summed E-state index contributed by atoms with van der Waals surface area (Å²) in [5.74, 6) is 0. The smallest absolute Gasteiger partial charge is 0.0842 e. The third-order valence-electron chi connectivity index (χ3n) is 7.52. The minimum absolute atomic E-state index is 0. The van der Waals surface area contributed by atoms with E-state index in [4.69, 9.17) is 0 Å². The standard InChI is InChI=1S/C27H44P2.2BrH/c1-7-28(8-2,9-3)22-26-17-13-24(14-18-26)21-25-15-19-27(20-16-25)23-29(10-4,11-5)12-6;;/h13-20H,7-12,21-23H2,1-6H3;2*1H/q+2;;/p-2. The van der Waals surface area contributed by atoms with Crippen molar-refractivity contribution in [3.8, 4) is 0 Å². The van der Waals surface area contributed by atoms with Gasteiger partial charge in [-0.1, -0.05) is 48.5 Å². The van der Waals surface area contributed by atoms with E-state index in [-0.39, 0.29) is 34.0 Å². The van der Waals surface area contributed by atoms with Gasteiger partial charge < -0.3 is 34.0 Å². The van der Waals surface area contributed by atoms with Crippen molar-refractivity contribution in [2.24, 2.45) is 0 Å². The number of halogens is 2. The molecule has 0 radical (unpaired) electrons. The highest BCUT2D eigenvalue weighted by molar-refractivity contribution is 7.75. The van der Waals surface area contributed by atoms with Crippen molar-refractivity contribution in [2.75, 3.05) is 37.0 Å². The Morgan fingerprint density at radius 3 is 0.871 bits per heavy atom. The fourth-order valence-electron chi connectivity index (χ4n) is 4.55. The van der Waals surface area contributed by atoms with E-state index in [0.29, 0.717) is 0 Å². The molecular formula is C27H44Br2P2. The fraction of sp³-hybridized carbons (Fsp3) is 0.556. The van der Waals surface area contributed by atoms with E-state index in [1.165, 1.54) is 60.4 Å². The van der Waals surface area contributed by atoms with Crippen molar-refractivity contribution < 1.29 is 34.0 Å². The van der Waals surface area contributed by atoms with Gasteiger partial charge >= 0.3 is 0 Å². The molecule has 2 aromatic rings. The minimum Gasteiger partial charge on any atom is -1.00 e. The topological polar surface area (TPSA) is 0 Å². The first kappa shape index (κ1) is 31.3. The first-order chi connectivity index (χ1) is 14.0. The largest absolute Gasteiger partial charge is 1.00 e. The number of benzene rings is 2. The maximum atomic E-state index is 2.40. The monoisotopic (exact) mass is 588 g/mol. The summed E-state index contributed by atoms with van der Waals surface area (Å²) in [7, 11) is -1.54. The summed E-state index contributed by atoms with van der Waals surface area (Å²) in [5.41, 5.74) is 5.96. The van der Waals surface area contributed by atoms with Crippen molar-refractivity contribution in [3.05, 3.63) is 70.8 Å². The molecule has 0 atom stereocenters. The van der Waals surface area contributed by atoms with Crippen LogP contribution < -0.4 is 34.0 Å². The summed E-state index contributed by atoms with van der Waals surface area (Å²) < 4.78 is 0. The Labute approximate surface area is 215 Å². The van der Waals surface area contributed by atoms with Gasteiger partial charge in [-0.25, -0.2) is 0 Å². The van der Waals surface area contributed by atoms with Crippen LogP contribution in [-0.2, 0) is 18.7 Å². The van der Waals surface area contributed by atoms with Crippen LogP contribution in [0.1, 0.15) is 63.8 Å². The van der Waals surface area contributed by atoms with E-state index >= 15 is 0 Å². The third-order valence-corrected chi connectivity index (χ3v) is 17.6. The molecule has 0 saturated carbocycles. The molecule has 0 N–H and O–H groups in total. The highest BCUT2D eigenvalue weighted by Gasteiger charge is 2.32. The molecule has 0 heterocycles. The van der Waals surface area contributed by atoms with Crippen LogP contribution >= 0.6 is 14.5 Å². The van der Waals surface area contributed by atoms with Crippen LogP contribution in [0.25, 0.3) is 0 Å². The molecule has 0 aliphatic carbocycles. The SMILES string of the molecule is CC[P+](CC)(CC)Cc1ccc(Cc2ccc(C[P+](CC)(CC)CC)cc2)cc1.[Br-].[Br-]. The summed E-state index contributed by atoms with van der Waals surface area (Å²) in [6.07, 6.45) is 12.0. The molecule has 0 unspecified atom stereocenters. The maximum Gasteiger partial charge on any atom is 0.0842 e. The third kappa shape index (κ3) is 8.85. The maximum absolute atomic E-state index is 2.40. The molecule has 31 heavy (non-hydrogen) atoms. The van der Waals surface area contributed by atoms with Gasteiger partial charge in [-0.3, -0.25) is 0 Å². The lowest BCUT2D eigenvalue weighted by atomic mass is 10.0. The van der Waals surface area contributed by atoms with Crippen molar-refractivity contribution in [1.82, 2.24) is 0 Å². The van der Waals surface area contributed by atoms with E-state index in [1.807, 2.05) is 0 Å². The van der Waals surface area contributed by atoms with Crippen LogP contribution in [-0.4, -0.2) is 37.0 Å². The average molecular weight is 590 g/mol. The van der Waals surface area contributed by atoms with Crippen LogP contribution in [0.3, 0.4) is 0 Å². The highest BCUT2D eigenvalue weighted by Crippen LogP contribution is 2.61. The molecule has 0 aliphatic heterocycles. The summed E-state index contributed by atoms with van der Waals surface area (Å²) >= 11 is 0. The van der Waals surface area contributed by atoms with Gasteiger partial charge in [0.05, 0.1) is 49.3 Å². The Kier molecular flexibility index (Phi) is 15.3. The molecule has 0 spiro atoms. The van der Waals surface area contributed by atoms with Crippen molar-refractivity contribution >= 4 is 14.5 Å². The molecule has 0 saturated heterocycles. The second kappa shape index (κ2) is 15.2. The van der Waals surface area contributed by atoms with E-state index in [2.05, 4.69) is 90.1 Å². The molecule has 0 amide bonds. The first-order valence-corrected chi connectivity index (χ1v) is 16.9. The van der Waals surface area contributed by atoms with Crippen molar-refractivity contribution in [3.63, 3.8) is 0 Å². The second-order valence-electron chi connectivity index (χ2n) is 8.71. The molecule has 0 aliphatic rings. The number of hydrogen-bond acceptors (Lipinski definition) is 0. The lowest BCUT2D eigenvalue weighted by molar-refractivity contribution is -0.00100. The average Bonchev–Trinajstić information content (AvgIpc) is 2.78. The fourth-order valence-corrected chi connectivity index (χ4v) is 10.5. The number of rotatable bonds is 12. The molecule has 0 aromatic heterocycles. The highest BCUT2D eigenvalue weighted by atomic mass is 79.9. The predicted octanol–water partition coefficient (Wildman–Crippen LogP) is 2.44. The van der Waals surface area contributed by atoms with Crippen LogP contribution in [0.15, 0.2) is 48.5 Å². The minimum atomic E-state index is -0.771. The number of hydrogen-bond donors (Lipinski definition) is 0. The normalized spacial score (nSPS) is 11.5. The van der Waals surface area contributed by atoms with Gasteiger partial charge in [0.25, 0.3) is 0 Å². The van der Waals surface area contributed by atoms with Crippen LogP contribution in [0, 0.1) is 0 Å². The van der Waals surface area contributed by atoms with Crippen LogP contribution in [0.2, 0.25) is 0 Å². The molecule has 0 bridgehead atoms. The van der Waals surface area contributed by atoms with E-state index < -0.39 is 14.5 Å². The molecular weight excluding hydrogens is 546 g/mol. The molecule has 0 nitrogen and oxygen atoms in total. The Hall–Kier alpha value is 0.260. The Balaban J connectivity index is 0.00000450. The van der Waals surface area contributed by atoms with Gasteiger partial charge in [-0.15, -0.1) is 0 Å². The Bertz CT molecular complexity index is 638. The van der Waals surface area contributed by atoms with E-state index in [0.717, 1.165) is 6.42 Å². The van der Waals surface area contributed by atoms with Gasteiger partial charge in [-0.05, 0) is 70.2 Å². The lowest BCUT2D eigenvalue weighted by Crippen LogP contribution is -3.00. The molecule has 4 heteroatoms. The summed E-state index contributed by atoms with van der Waals surface area (Å²) in [5, 5.41) is 0. The second-order valence-corrected chi connectivity index (χ2v) is 18.5. The van der Waals surface area contributed by atoms with Gasteiger partial charge in [0.2, 0.25) is 0 Å². The summed E-state index contributed by atoms with van der Waals surface area (Å²) in [6.45, 7) is 14.4. The first-order valence-electron chi connectivity index (χ1n) is 11.8. The van der Waals surface area contributed by atoms with Crippen LogP contribution in [0.5, 0.6) is 0 Å². The molecule has 0 fully saturated rings. The zero-order chi connectivity index (χ0) is 21.3. The summed E-state index contributed by atoms with van der Waals surface area (Å²) in [6, 6.07) is 19.0. The molecule has 2 rings (SSSR count). The van der Waals surface area contributed by atoms with Crippen molar-refractivity contribution in [1.29, 1.82) is 0 Å².